The number of carbonyl (C=O) groups excluding carboxylic acids is 2. The Bertz CT molecular complexity index is 702. The number of carboxylic acids is 1. The molecule has 2 rings (SSSR count). The Kier molecular flexibility index (Phi) is 7.06. The number of halogens is 1. The highest BCUT2D eigenvalue weighted by Crippen LogP contribution is 2.23. The maximum atomic E-state index is 12.3. The number of hydrogen-bond acceptors (Lipinski definition) is 6. The predicted octanol–water partition coefficient (Wildman–Crippen LogP) is 0.206. The van der Waals surface area contributed by atoms with E-state index >= 15 is 0 Å². The van der Waals surface area contributed by atoms with Crippen molar-refractivity contribution in [2.24, 2.45) is 5.73 Å². The molecule has 1 aliphatic heterocycles. The number of likely N-dealkylation sites (tertiary alicyclic amines) is 1. The highest BCUT2D eigenvalue weighted by molar-refractivity contribution is 9.09. The van der Waals surface area contributed by atoms with E-state index in [0.717, 1.165) is 0 Å². The number of amides is 2. The van der Waals surface area contributed by atoms with E-state index < -0.39 is 30.6 Å². The summed E-state index contributed by atoms with van der Waals surface area (Å²) in [5, 5.41) is 11.6. The van der Waals surface area contributed by atoms with Crippen LogP contribution in [0.4, 0.5) is 0 Å². The summed E-state index contributed by atoms with van der Waals surface area (Å²) in [5.74, 6) is -1.94. The summed E-state index contributed by atoms with van der Waals surface area (Å²) in [7, 11) is 0. The molecule has 1 unspecified atom stereocenters. The predicted molar refractivity (Wildman–Crippen MR) is 101 cm³/mol. The first kappa shape index (κ1) is 20.3. The molecule has 1 heterocycles. The summed E-state index contributed by atoms with van der Waals surface area (Å²) in [6.07, 6.45) is 0. The standard InChI is InChI=1S/C16H18BrN3O5S/c17-6-10-14(16(24)20(10)7-12(26)25-8-11(21)22)19-15(23)13(18)9-4-2-1-3-5-9/h1-5,10,13-14H,6-8,18H2,(H,19,23)(H,21,22)/t10-,13?,14+/m0/s1. The lowest BCUT2D eigenvalue weighted by Gasteiger charge is -2.46. The number of aliphatic carboxylic acids is 1. The van der Waals surface area contributed by atoms with Crippen LogP contribution >= 0.6 is 28.1 Å². The summed E-state index contributed by atoms with van der Waals surface area (Å²) in [5.41, 5.74) is 6.58. The second-order valence-electron chi connectivity index (χ2n) is 5.62. The number of hydrogen-bond donors (Lipinski definition) is 3. The van der Waals surface area contributed by atoms with Gasteiger partial charge in [-0.1, -0.05) is 46.3 Å². The van der Waals surface area contributed by atoms with Crippen LogP contribution < -0.4 is 11.1 Å². The Morgan fingerprint density at radius 1 is 1.38 bits per heavy atom. The Balaban J connectivity index is 1.92. The molecule has 0 aliphatic carbocycles. The topological polar surface area (TPSA) is 122 Å². The molecule has 10 heteroatoms. The van der Waals surface area contributed by atoms with Crippen molar-refractivity contribution in [3.63, 3.8) is 0 Å². The van der Waals surface area contributed by atoms with E-state index in [2.05, 4.69) is 21.2 Å². The van der Waals surface area contributed by atoms with Crippen molar-refractivity contribution in [2.75, 3.05) is 18.5 Å². The van der Waals surface area contributed by atoms with E-state index in [0.29, 0.717) is 10.9 Å². The van der Waals surface area contributed by atoms with E-state index in [1.165, 1.54) is 4.90 Å². The van der Waals surface area contributed by atoms with Crippen molar-refractivity contribution in [3.8, 4) is 0 Å². The molecule has 1 saturated heterocycles. The number of nitrogens with one attached hydrogen (secondary N) is 1. The number of nitrogens with zero attached hydrogens (tertiary/aromatic N) is 1. The molecular formula is C16H18BrN3O5S. The van der Waals surface area contributed by atoms with E-state index in [-0.39, 0.29) is 23.5 Å². The summed E-state index contributed by atoms with van der Waals surface area (Å²) >= 11 is 8.24. The Morgan fingerprint density at radius 2 is 2.04 bits per heavy atom. The largest absolute Gasteiger partial charge is 0.479 e. The van der Waals surface area contributed by atoms with Crippen molar-refractivity contribution in [3.05, 3.63) is 35.9 Å². The van der Waals surface area contributed by atoms with Gasteiger partial charge in [0.25, 0.3) is 0 Å². The molecule has 0 spiro atoms. The van der Waals surface area contributed by atoms with Gasteiger partial charge in [0.1, 0.15) is 12.1 Å². The molecule has 4 N–H and O–H groups in total. The van der Waals surface area contributed by atoms with Crippen LogP contribution in [-0.2, 0) is 19.1 Å². The number of alkyl halides is 1. The van der Waals surface area contributed by atoms with Gasteiger partial charge in [-0.3, -0.25) is 9.59 Å². The van der Waals surface area contributed by atoms with Gasteiger partial charge in [0.05, 0.1) is 12.6 Å². The lowest BCUT2D eigenvalue weighted by atomic mass is 9.95. The fraction of sp³-hybridized carbons (Fsp3) is 0.375. The minimum atomic E-state index is -1.15. The third kappa shape index (κ3) is 4.77. The molecule has 0 saturated carbocycles. The number of ether oxygens (including phenoxy) is 1. The Labute approximate surface area is 163 Å². The van der Waals surface area contributed by atoms with E-state index in [1.807, 2.05) is 6.07 Å². The molecular weight excluding hydrogens is 426 g/mol. The van der Waals surface area contributed by atoms with Crippen LogP contribution in [0.15, 0.2) is 30.3 Å². The molecule has 1 aromatic rings. The van der Waals surface area contributed by atoms with Crippen LogP contribution in [0.25, 0.3) is 0 Å². The van der Waals surface area contributed by atoms with Crippen LogP contribution in [0.1, 0.15) is 11.6 Å². The van der Waals surface area contributed by atoms with Crippen LogP contribution in [-0.4, -0.2) is 63.4 Å². The Hall–Kier alpha value is -2.04. The highest BCUT2D eigenvalue weighted by atomic mass is 79.9. The first-order chi connectivity index (χ1) is 12.3. The number of benzene rings is 1. The third-order valence-electron chi connectivity index (χ3n) is 3.89. The Morgan fingerprint density at radius 3 is 2.62 bits per heavy atom. The summed E-state index contributed by atoms with van der Waals surface area (Å²) < 4.78 is 4.88. The van der Waals surface area contributed by atoms with E-state index in [1.54, 1.807) is 24.3 Å². The highest BCUT2D eigenvalue weighted by Gasteiger charge is 2.48. The number of carboxylic acid groups (broad SMARTS) is 1. The first-order valence-electron chi connectivity index (χ1n) is 7.70. The molecule has 0 aromatic heterocycles. The number of rotatable bonds is 8. The van der Waals surface area contributed by atoms with E-state index in [9.17, 15) is 14.4 Å². The summed E-state index contributed by atoms with van der Waals surface area (Å²) in [4.78, 5) is 36.5. The van der Waals surface area contributed by atoms with Gasteiger partial charge >= 0.3 is 5.97 Å². The molecule has 1 aromatic carbocycles. The minimum Gasteiger partial charge on any atom is -0.479 e. The molecule has 140 valence electrons. The minimum absolute atomic E-state index is 0.00235. The van der Waals surface area contributed by atoms with Gasteiger partial charge in [0.2, 0.25) is 11.8 Å². The molecule has 3 atom stereocenters. The monoisotopic (exact) mass is 443 g/mol. The molecule has 1 aliphatic rings. The zero-order valence-corrected chi connectivity index (χ0v) is 16.0. The van der Waals surface area contributed by atoms with Crippen molar-refractivity contribution in [2.45, 2.75) is 18.1 Å². The van der Waals surface area contributed by atoms with Crippen LogP contribution in [0.3, 0.4) is 0 Å². The van der Waals surface area contributed by atoms with Crippen molar-refractivity contribution in [1.82, 2.24) is 10.2 Å². The summed E-state index contributed by atoms with van der Waals surface area (Å²) in [6.45, 7) is -0.583. The van der Waals surface area contributed by atoms with Gasteiger partial charge in [-0.05, 0) is 17.8 Å². The fourth-order valence-corrected chi connectivity index (χ4v) is 3.43. The quantitative estimate of drug-likeness (QED) is 0.298. The van der Waals surface area contributed by atoms with Gasteiger partial charge in [0.15, 0.2) is 11.7 Å². The van der Waals surface area contributed by atoms with Gasteiger partial charge in [-0.2, -0.15) is 0 Å². The second-order valence-corrected chi connectivity index (χ2v) is 6.72. The number of nitrogens with two attached hydrogens (primary N) is 1. The zero-order chi connectivity index (χ0) is 19.3. The van der Waals surface area contributed by atoms with E-state index in [4.69, 9.17) is 27.8 Å². The third-order valence-corrected chi connectivity index (χ3v) is 4.80. The average Bonchev–Trinajstić information content (AvgIpc) is 2.64. The lowest BCUT2D eigenvalue weighted by Crippen LogP contribution is -2.72. The number of thiocarbonyl (C=S) groups is 1. The molecule has 2 amide bonds. The van der Waals surface area contributed by atoms with Crippen molar-refractivity contribution >= 4 is 51.0 Å². The van der Waals surface area contributed by atoms with Gasteiger partial charge in [-0.15, -0.1) is 0 Å². The van der Waals surface area contributed by atoms with Crippen LogP contribution in [0, 0.1) is 0 Å². The molecule has 8 nitrogen and oxygen atoms in total. The maximum Gasteiger partial charge on any atom is 0.341 e. The number of carbonyl (C=O) groups is 3. The second kappa shape index (κ2) is 9.06. The lowest BCUT2D eigenvalue weighted by molar-refractivity contribution is -0.151. The maximum absolute atomic E-state index is 12.3. The molecule has 0 bridgehead atoms. The van der Waals surface area contributed by atoms with Crippen LogP contribution in [0.5, 0.6) is 0 Å². The van der Waals surface area contributed by atoms with Crippen molar-refractivity contribution in [1.29, 1.82) is 0 Å². The zero-order valence-electron chi connectivity index (χ0n) is 13.6. The number of β-lactam (4-membered cyclic amide) rings is 1. The van der Waals surface area contributed by atoms with Gasteiger partial charge in [-0.25, -0.2) is 4.79 Å². The molecule has 26 heavy (non-hydrogen) atoms. The first-order valence-corrected chi connectivity index (χ1v) is 9.23. The smallest absolute Gasteiger partial charge is 0.341 e. The molecule has 0 radical (unpaired) electrons. The SMILES string of the molecule is NC(C(=O)N[C@H]1C(=O)N(CC(=S)OCC(=O)O)[C@H]1CBr)c1ccccc1. The van der Waals surface area contributed by atoms with Crippen LogP contribution in [0.2, 0.25) is 0 Å². The average molecular weight is 444 g/mol. The fourth-order valence-electron chi connectivity index (χ4n) is 2.51. The summed E-state index contributed by atoms with van der Waals surface area (Å²) in [6, 6.07) is 6.90. The normalized spacial score (nSPS) is 20.1. The molecule has 1 fully saturated rings. The van der Waals surface area contributed by atoms with Gasteiger partial charge < -0.3 is 25.8 Å². The van der Waals surface area contributed by atoms with Gasteiger partial charge in [0, 0.05) is 5.33 Å². The van der Waals surface area contributed by atoms with Crippen molar-refractivity contribution < 1.29 is 24.2 Å².